The normalized spacial score (nSPS) is 17.6. The molecule has 10 heteroatoms. The number of nitrogens with zero attached hydrogens (tertiary/aromatic N) is 1. The van der Waals surface area contributed by atoms with Gasteiger partial charge in [0.15, 0.2) is 6.61 Å². The van der Waals surface area contributed by atoms with Gasteiger partial charge in [-0.15, -0.1) is 11.3 Å². The first-order chi connectivity index (χ1) is 16.2. The first-order valence-electron chi connectivity index (χ1n) is 10.9. The zero-order valence-electron chi connectivity index (χ0n) is 19.0. The summed E-state index contributed by atoms with van der Waals surface area (Å²) in [6.45, 7) is 2.87. The van der Waals surface area contributed by atoms with Crippen LogP contribution < -0.4 is 5.32 Å². The lowest BCUT2D eigenvalue weighted by molar-refractivity contribution is -0.150. The molecule has 9 nitrogen and oxygen atoms in total. The van der Waals surface area contributed by atoms with E-state index in [1.54, 1.807) is 12.1 Å². The van der Waals surface area contributed by atoms with Gasteiger partial charge in [-0.1, -0.05) is 19.1 Å². The zero-order valence-corrected chi connectivity index (χ0v) is 19.8. The van der Waals surface area contributed by atoms with Crippen molar-refractivity contribution in [2.45, 2.75) is 39.2 Å². The molecule has 2 atom stereocenters. The average Bonchev–Trinajstić information content (AvgIpc) is 3.30. The number of imide groups is 1. The van der Waals surface area contributed by atoms with Crippen molar-refractivity contribution in [3.05, 3.63) is 51.4 Å². The van der Waals surface area contributed by atoms with Crippen molar-refractivity contribution in [2.24, 2.45) is 5.92 Å². The minimum Gasteiger partial charge on any atom is -0.465 e. The van der Waals surface area contributed by atoms with Gasteiger partial charge in [-0.05, 0) is 49.8 Å². The van der Waals surface area contributed by atoms with E-state index in [0.29, 0.717) is 16.5 Å². The van der Waals surface area contributed by atoms with Crippen LogP contribution in [0.4, 0.5) is 5.00 Å². The highest BCUT2D eigenvalue weighted by Crippen LogP contribution is 2.40. The molecule has 178 valence electrons. The number of methoxy groups -OCH3 is 1. The number of esters is 2. The van der Waals surface area contributed by atoms with Gasteiger partial charge in [-0.25, -0.2) is 9.59 Å². The van der Waals surface area contributed by atoms with Gasteiger partial charge in [0, 0.05) is 4.88 Å². The van der Waals surface area contributed by atoms with Crippen LogP contribution >= 0.6 is 11.3 Å². The van der Waals surface area contributed by atoms with Crippen molar-refractivity contribution in [2.75, 3.05) is 19.0 Å². The summed E-state index contributed by atoms with van der Waals surface area (Å²) >= 11 is 1.32. The van der Waals surface area contributed by atoms with Gasteiger partial charge in [0.25, 0.3) is 17.7 Å². The van der Waals surface area contributed by atoms with Crippen molar-refractivity contribution in [3.8, 4) is 0 Å². The number of anilines is 1. The molecule has 0 saturated heterocycles. The monoisotopic (exact) mass is 484 g/mol. The molecule has 0 spiro atoms. The van der Waals surface area contributed by atoms with Crippen molar-refractivity contribution < 1.29 is 33.4 Å². The highest BCUT2D eigenvalue weighted by Gasteiger charge is 2.41. The number of hydrogen-bond acceptors (Lipinski definition) is 8. The van der Waals surface area contributed by atoms with Gasteiger partial charge in [-0.2, -0.15) is 0 Å². The number of nitrogens with one attached hydrogen (secondary N) is 1. The molecule has 1 N–H and O–H groups in total. The Balaban J connectivity index is 1.41. The van der Waals surface area contributed by atoms with Gasteiger partial charge >= 0.3 is 11.9 Å². The number of carbonyl (C=O) groups is 5. The summed E-state index contributed by atoms with van der Waals surface area (Å²) in [4.78, 5) is 64.4. The summed E-state index contributed by atoms with van der Waals surface area (Å²) < 4.78 is 9.99. The number of amides is 3. The molecule has 0 saturated carbocycles. The van der Waals surface area contributed by atoms with Crippen molar-refractivity contribution >= 4 is 46.0 Å². The van der Waals surface area contributed by atoms with E-state index in [9.17, 15) is 24.0 Å². The average molecular weight is 485 g/mol. The fraction of sp³-hybridized carbons (Fsp3) is 0.375. The number of rotatable bonds is 6. The summed E-state index contributed by atoms with van der Waals surface area (Å²) in [6, 6.07) is 5.09. The lowest BCUT2D eigenvalue weighted by atomic mass is 9.88. The molecule has 1 aromatic heterocycles. The number of thiophene rings is 1. The predicted molar refractivity (Wildman–Crippen MR) is 123 cm³/mol. The number of hydrogen-bond donors (Lipinski definition) is 1. The third-order valence-electron chi connectivity index (χ3n) is 6.05. The molecule has 3 amide bonds. The smallest absolute Gasteiger partial charge is 0.341 e. The van der Waals surface area contributed by atoms with Crippen LogP contribution in [0.5, 0.6) is 0 Å². The van der Waals surface area contributed by atoms with Crippen LogP contribution in [-0.4, -0.2) is 54.3 Å². The van der Waals surface area contributed by atoms with Crippen LogP contribution in [0.3, 0.4) is 0 Å². The molecule has 2 heterocycles. The molecule has 1 aliphatic heterocycles. The fourth-order valence-corrected chi connectivity index (χ4v) is 5.66. The molecule has 2 aliphatic rings. The summed E-state index contributed by atoms with van der Waals surface area (Å²) in [5.41, 5.74) is 1.67. The fourth-order valence-electron chi connectivity index (χ4n) is 4.24. The van der Waals surface area contributed by atoms with Gasteiger partial charge in [-0.3, -0.25) is 19.3 Å². The van der Waals surface area contributed by atoms with Crippen LogP contribution in [0.2, 0.25) is 0 Å². The maximum atomic E-state index is 12.6. The van der Waals surface area contributed by atoms with E-state index >= 15 is 0 Å². The summed E-state index contributed by atoms with van der Waals surface area (Å²) in [6.07, 6.45) is 2.47. The Labute approximate surface area is 200 Å². The Kier molecular flexibility index (Phi) is 6.52. The van der Waals surface area contributed by atoms with E-state index in [4.69, 9.17) is 9.47 Å². The highest BCUT2D eigenvalue weighted by atomic mass is 32.1. The number of carbonyl (C=O) groups excluding carboxylic acids is 5. The van der Waals surface area contributed by atoms with Gasteiger partial charge in [0.2, 0.25) is 0 Å². The van der Waals surface area contributed by atoms with Crippen LogP contribution in [0.1, 0.15) is 61.8 Å². The zero-order chi connectivity index (χ0) is 24.6. The topological polar surface area (TPSA) is 119 Å². The van der Waals surface area contributed by atoms with E-state index in [-0.39, 0.29) is 11.1 Å². The summed E-state index contributed by atoms with van der Waals surface area (Å²) in [7, 11) is 1.28. The maximum absolute atomic E-state index is 12.6. The molecular formula is C24H24N2O7S. The lowest BCUT2D eigenvalue weighted by Gasteiger charge is -2.20. The minimum absolute atomic E-state index is 0.219. The van der Waals surface area contributed by atoms with E-state index in [1.165, 1.54) is 37.5 Å². The van der Waals surface area contributed by atoms with Crippen LogP contribution in [-0.2, 0) is 31.9 Å². The first-order valence-corrected chi connectivity index (χ1v) is 11.7. The molecule has 0 fully saturated rings. The predicted octanol–water partition coefficient (Wildman–Crippen LogP) is 2.83. The van der Waals surface area contributed by atoms with Crippen molar-refractivity contribution in [1.29, 1.82) is 0 Å². The standard InChI is InChI=1S/C24H24N2O7S/c1-12-8-9-16-17(10-12)34-20(19(16)24(31)32-3)25-18(27)11-33-23(30)13(2)26-21(28)14-6-4-5-7-15(14)22(26)29/h4-7,12-13H,8-11H2,1-3H3,(H,25,27)/t12-,13-/m0/s1. The molecule has 34 heavy (non-hydrogen) atoms. The Morgan fingerprint density at radius 3 is 2.44 bits per heavy atom. The SMILES string of the molecule is COC(=O)c1c(NC(=O)COC(=O)[C@H](C)N2C(=O)c3ccccc3C2=O)sc2c1CC[C@H](C)C2. The van der Waals surface area contributed by atoms with E-state index in [0.717, 1.165) is 34.6 Å². The number of benzene rings is 1. The second-order valence-electron chi connectivity index (χ2n) is 8.41. The Bertz CT molecular complexity index is 1170. The lowest BCUT2D eigenvalue weighted by Crippen LogP contribution is -2.44. The first kappa shape index (κ1) is 23.6. The van der Waals surface area contributed by atoms with Crippen LogP contribution in [0.15, 0.2) is 24.3 Å². The molecular weight excluding hydrogens is 460 g/mol. The third kappa shape index (κ3) is 4.21. The molecule has 1 aromatic carbocycles. The maximum Gasteiger partial charge on any atom is 0.341 e. The van der Waals surface area contributed by atoms with E-state index < -0.39 is 42.3 Å². The Morgan fingerprint density at radius 1 is 1.18 bits per heavy atom. The highest BCUT2D eigenvalue weighted by molar-refractivity contribution is 7.17. The molecule has 4 rings (SSSR count). The molecule has 0 bridgehead atoms. The molecule has 0 unspecified atom stereocenters. The second kappa shape index (κ2) is 9.38. The van der Waals surface area contributed by atoms with Gasteiger partial charge in [0.1, 0.15) is 11.0 Å². The number of fused-ring (bicyclic) bond motifs is 2. The van der Waals surface area contributed by atoms with Crippen molar-refractivity contribution in [3.63, 3.8) is 0 Å². The third-order valence-corrected chi connectivity index (χ3v) is 7.22. The minimum atomic E-state index is -1.21. The Hall–Kier alpha value is -3.53. The van der Waals surface area contributed by atoms with E-state index in [1.807, 2.05) is 0 Å². The van der Waals surface area contributed by atoms with Crippen molar-refractivity contribution in [1.82, 2.24) is 4.90 Å². The summed E-state index contributed by atoms with van der Waals surface area (Å²) in [5.74, 6) is -2.76. The number of ether oxygens (including phenoxy) is 2. The molecule has 1 aliphatic carbocycles. The summed E-state index contributed by atoms with van der Waals surface area (Å²) in [5, 5.41) is 3.01. The Morgan fingerprint density at radius 2 is 1.82 bits per heavy atom. The second-order valence-corrected chi connectivity index (χ2v) is 9.51. The largest absolute Gasteiger partial charge is 0.465 e. The van der Waals surface area contributed by atoms with Gasteiger partial charge in [0.05, 0.1) is 23.8 Å². The molecule has 2 aromatic rings. The van der Waals surface area contributed by atoms with Gasteiger partial charge < -0.3 is 14.8 Å². The van der Waals surface area contributed by atoms with Crippen LogP contribution in [0.25, 0.3) is 0 Å². The quantitative estimate of drug-likeness (QED) is 0.495. The molecule has 0 radical (unpaired) electrons. The van der Waals surface area contributed by atoms with E-state index in [2.05, 4.69) is 12.2 Å². The van der Waals surface area contributed by atoms with Crippen LogP contribution in [0, 0.1) is 5.92 Å².